The summed E-state index contributed by atoms with van der Waals surface area (Å²) in [6.07, 6.45) is 1.70. The molecule has 0 atom stereocenters. The summed E-state index contributed by atoms with van der Waals surface area (Å²) in [5, 5.41) is 2.61. The number of nitrogens with one attached hydrogen (secondary N) is 1. The highest BCUT2D eigenvalue weighted by molar-refractivity contribution is 5.96. The van der Waals surface area contributed by atoms with Crippen LogP contribution >= 0.6 is 0 Å². The molecule has 1 aromatic rings. The van der Waals surface area contributed by atoms with Crippen molar-refractivity contribution in [3.8, 4) is 0 Å². The molecule has 0 bridgehead atoms. The van der Waals surface area contributed by atoms with Gasteiger partial charge >= 0.3 is 5.97 Å². The van der Waals surface area contributed by atoms with Crippen molar-refractivity contribution in [1.29, 1.82) is 0 Å². The van der Waals surface area contributed by atoms with E-state index in [2.05, 4.69) is 5.32 Å². The van der Waals surface area contributed by atoms with Crippen LogP contribution in [0.3, 0.4) is 0 Å². The predicted molar refractivity (Wildman–Crippen MR) is 76.8 cm³/mol. The molecule has 1 aliphatic carbocycles. The maximum Gasteiger partial charge on any atom is 0.309 e. The van der Waals surface area contributed by atoms with Crippen LogP contribution in [0.1, 0.15) is 23.2 Å². The Labute approximate surface area is 123 Å². The molecule has 1 aliphatic rings. The molecule has 6 heteroatoms. The number of amides is 2. The number of esters is 1. The SMILES string of the molecule is CN(C)C(=O)c1ccc(NC(=O)COC(=O)C2CC2)cc1. The van der Waals surface area contributed by atoms with E-state index in [1.165, 1.54) is 4.90 Å². The fourth-order valence-electron chi connectivity index (χ4n) is 1.72. The minimum Gasteiger partial charge on any atom is -0.455 e. The van der Waals surface area contributed by atoms with E-state index in [0.717, 1.165) is 12.8 Å². The Balaban J connectivity index is 1.83. The highest BCUT2D eigenvalue weighted by atomic mass is 16.5. The zero-order valence-corrected chi connectivity index (χ0v) is 12.1. The van der Waals surface area contributed by atoms with E-state index in [4.69, 9.17) is 4.74 Å². The van der Waals surface area contributed by atoms with Gasteiger partial charge < -0.3 is 15.0 Å². The molecule has 112 valence electrons. The molecule has 0 unspecified atom stereocenters. The molecule has 1 fully saturated rings. The van der Waals surface area contributed by atoms with E-state index in [9.17, 15) is 14.4 Å². The fourth-order valence-corrected chi connectivity index (χ4v) is 1.72. The van der Waals surface area contributed by atoms with Crippen LogP contribution in [-0.2, 0) is 14.3 Å². The van der Waals surface area contributed by atoms with E-state index >= 15 is 0 Å². The number of carbonyl (C=O) groups excluding carboxylic acids is 3. The lowest BCUT2D eigenvalue weighted by Crippen LogP contribution is -2.22. The van der Waals surface area contributed by atoms with Crippen molar-refractivity contribution in [2.45, 2.75) is 12.8 Å². The number of ether oxygens (including phenoxy) is 1. The van der Waals surface area contributed by atoms with Gasteiger partial charge in [0.15, 0.2) is 6.61 Å². The zero-order valence-electron chi connectivity index (χ0n) is 12.1. The lowest BCUT2D eigenvalue weighted by molar-refractivity contribution is -0.148. The number of benzene rings is 1. The Morgan fingerprint density at radius 3 is 2.33 bits per heavy atom. The number of hydrogen-bond acceptors (Lipinski definition) is 4. The quantitative estimate of drug-likeness (QED) is 0.829. The third kappa shape index (κ3) is 4.30. The van der Waals surface area contributed by atoms with Crippen LogP contribution in [0, 0.1) is 5.92 Å². The van der Waals surface area contributed by atoms with Crippen LogP contribution in [0.2, 0.25) is 0 Å². The summed E-state index contributed by atoms with van der Waals surface area (Å²) in [5.74, 6) is -0.826. The summed E-state index contributed by atoms with van der Waals surface area (Å²) in [6.45, 7) is -0.284. The van der Waals surface area contributed by atoms with Crippen LogP contribution in [0.25, 0.3) is 0 Å². The summed E-state index contributed by atoms with van der Waals surface area (Å²) in [4.78, 5) is 36.1. The molecule has 1 aromatic carbocycles. The molecule has 2 rings (SSSR count). The smallest absolute Gasteiger partial charge is 0.309 e. The average Bonchev–Trinajstić information content (AvgIpc) is 3.29. The molecule has 21 heavy (non-hydrogen) atoms. The van der Waals surface area contributed by atoms with Gasteiger partial charge in [-0.15, -0.1) is 0 Å². The predicted octanol–water partition coefficient (Wildman–Crippen LogP) is 1.28. The number of rotatable bonds is 5. The molecule has 0 heterocycles. The third-order valence-electron chi connectivity index (χ3n) is 3.08. The molecule has 2 amide bonds. The van der Waals surface area contributed by atoms with E-state index in [1.54, 1.807) is 38.4 Å². The molecule has 0 aliphatic heterocycles. The van der Waals surface area contributed by atoms with Gasteiger partial charge in [-0.2, -0.15) is 0 Å². The normalized spacial score (nSPS) is 13.4. The lowest BCUT2D eigenvalue weighted by Gasteiger charge is -2.11. The second-order valence-electron chi connectivity index (χ2n) is 5.21. The average molecular weight is 290 g/mol. The highest BCUT2D eigenvalue weighted by Crippen LogP contribution is 2.29. The summed E-state index contributed by atoms with van der Waals surface area (Å²) in [5.41, 5.74) is 1.09. The van der Waals surface area contributed by atoms with Crippen molar-refractivity contribution < 1.29 is 19.1 Å². The Hall–Kier alpha value is -2.37. The van der Waals surface area contributed by atoms with Gasteiger partial charge in [-0.25, -0.2) is 0 Å². The second kappa shape index (κ2) is 6.39. The van der Waals surface area contributed by atoms with Crippen LogP contribution < -0.4 is 5.32 Å². The first kappa shape index (κ1) is 15.0. The van der Waals surface area contributed by atoms with E-state index in [0.29, 0.717) is 11.3 Å². The molecule has 1 saturated carbocycles. The van der Waals surface area contributed by atoms with Crippen LogP contribution in [-0.4, -0.2) is 43.4 Å². The van der Waals surface area contributed by atoms with Crippen molar-refractivity contribution in [2.24, 2.45) is 5.92 Å². The van der Waals surface area contributed by atoms with Crippen LogP contribution in [0.4, 0.5) is 5.69 Å². The first-order chi connectivity index (χ1) is 9.97. The summed E-state index contributed by atoms with van der Waals surface area (Å²) >= 11 is 0. The van der Waals surface area contributed by atoms with E-state index < -0.39 is 5.91 Å². The van der Waals surface area contributed by atoms with Gasteiger partial charge in [0.1, 0.15) is 0 Å². The Morgan fingerprint density at radius 1 is 1.19 bits per heavy atom. The Bertz CT molecular complexity index is 547. The van der Waals surface area contributed by atoms with Gasteiger partial charge in [-0.1, -0.05) is 0 Å². The first-order valence-corrected chi connectivity index (χ1v) is 6.75. The van der Waals surface area contributed by atoms with Gasteiger partial charge in [0.25, 0.3) is 11.8 Å². The van der Waals surface area contributed by atoms with Crippen molar-refractivity contribution in [1.82, 2.24) is 4.90 Å². The molecule has 0 saturated heterocycles. The van der Waals surface area contributed by atoms with Gasteiger partial charge in [-0.05, 0) is 37.1 Å². The largest absolute Gasteiger partial charge is 0.455 e. The highest BCUT2D eigenvalue weighted by Gasteiger charge is 2.31. The second-order valence-corrected chi connectivity index (χ2v) is 5.21. The summed E-state index contributed by atoms with van der Waals surface area (Å²) in [6, 6.07) is 6.54. The van der Waals surface area contributed by atoms with E-state index in [1.807, 2.05) is 0 Å². The number of nitrogens with zero attached hydrogens (tertiary/aromatic N) is 1. The molecule has 6 nitrogen and oxygen atoms in total. The number of carbonyl (C=O) groups is 3. The monoisotopic (exact) mass is 290 g/mol. The number of anilines is 1. The molecule has 0 spiro atoms. The Kier molecular flexibility index (Phi) is 4.57. The van der Waals surface area contributed by atoms with Crippen molar-refractivity contribution in [3.63, 3.8) is 0 Å². The van der Waals surface area contributed by atoms with Gasteiger partial charge in [0, 0.05) is 25.3 Å². The minimum atomic E-state index is -0.393. The topological polar surface area (TPSA) is 75.7 Å². The molecule has 0 aromatic heterocycles. The van der Waals surface area contributed by atoms with Crippen molar-refractivity contribution in [3.05, 3.63) is 29.8 Å². The molecule has 0 radical (unpaired) electrons. The lowest BCUT2D eigenvalue weighted by atomic mass is 10.2. The van der Waals surface area contributed by atoms with Crippen molar-refractivity contribution in [2.75, 3.05) is 26.0 Å². The Morgan fingerprint density at radius 2 is 1.81 bits per heavy atom. The standard InChI is InChI=1S/C15H18N2O4/c1-17(2)14(19)10-5-7-12(8-6-10)16-13(18)9-21-15(20)11-3-4-11/h5-8,11H,3-4,9H2,1-2H3,(H,16,18). The summed E-state index contributed by atoms with van der Waals surface area (Å²) in [7, 11) is 3.35. The fraction of sp³-hybridized carbons (Fsp3) is 0.400. The maximum absolute atomic E-state index is 11.7. The summed E-state index contributed by atoms with van der Waals surface area (Å²) < 4.78 is 4.88. The maximum atomic E-state index is 11.7. The van der Waals surface area contributed by atoms with Gasteiger partial charge in [-0.3, -0.25) is 14.4 Å². The zero-order chi connectivity index (χ0) is 15.4. The van der Waals surface area contributed by atoms with Crippen LogP contribution in [0.15, 0.2) is 24.3 Å². The minimum absolute atomic E-state index is 0.0193. The van der Waals surface area contributed by atoms with Crippen LogP contribution in [0.5, 0.6) is 0 Å². The molecule has 1 N–H and O–H groups in total. The van der Waals surface area contributed by atoms with Gasteiger partial charge in [0.05, 0.1) is 5.92 Å². The van der Waals surface area contributed by atoms with E-state index in [-0.39, 0.29) is 24.4 Å². The molecular formula is C15H18N2O4. The third-order valence-corrected chi connectivity index (χ3v) is 3.08. The molecular weight excluding hydrogens is 272 g/mol. The van der Waals surface area contributed by atoms with Gasteiger partial charge in [0.2, 0.25) is 0 Å². The number of hydrogen-bond donors (Lipinski definition) is 1. The first-order valence-electron chi connectivity index (χ1n) is 6.75. The van der Waals surface area contributed by atoms with Crippen molar-refractivity contribution >= 4 is 23.5 Å².